The first-order chi connectivity index (χ1) is 9.04. The molecule has 3 heteroatoms. The maximum absolute atomic E-state index is 12.5. The van der Waals surface area contributed by atoms with Crippen LogP contribution in [0.15, 0.2) is 18.2 Å². The molecular formula is C16H21NO2. The van der Waals surface area contributed by atoms with Gasteiger partial charge in [0, 0.05) is 18.5 Å². The minimum absolute atomic E-state index is 0.0830. The Balaban J connectivity index is 2.23. The van der Waals surface area contributed by atoms with Gasteiger partial charge in [0.1, 0.15) is 0 Å². The maximum Gasteiger partial charge on any atom is 0.222 e. The zero-order valence-corrected chi connectivity index (χ0v) is 11.9. The minimum Gasteiger partial charge on any atom is -0.332 e. The molecule has 1 unspecified atom stereocenters. The molecular weight excluding hydrogens is 238 g/mol. The molecule has 0 radical (unpaired) electrons. The fraction of sp³-hybridized carbons (Fsp3) is 0.500. The zero-order chi connectivity index (χ0) is 14.0. The number of Topliss-reactive ketones (excluding diaryl/α,β-unsaturated/α-hetero) is 1. The number of hydrogen-bond donors (Lipinski definition) is 0. The molecule has 0 saturated carbocycles. The van der Waals surface area contributed by atoms with Crippen molar-refractivity contribution in [2.75, 3.05) is 6.54 Å². The van der Waals surface area contributed by atoms with Crippen LogP contribution in [-0.2, 0) is 4.79 Å². The van der Waals surface area contributed by atoms with Gasteiger partial charge < -0.3 is 4.90 Å². The summed E-state index contributed by atoms with van der Waals surface area (Å²) in [5, 5.41) is 0. The second-order valence-electron chi connectivity index (χ2n) is 5.26. The van der Waals surface area contributed by atoms with E-state index in [1.807, 2.05) is 39.0 Å². The predicted octanol–water partition coefficient (Wildman–Crippen LogP) is 2.89. The molecule has 102 valence electrons. The van der Waals surface area contributed by atoms with Gasteiger partial charge in [0.2, 0.25) is 5.91 Å². The Morgan fingerprint density at radius 3 is 2.63 bits per heavy atom. The van der Waals surface area contributed by atoms with Crippen molar-refractivity contribution in [2.45, 2.75) is 46.1 Å². The van der Waals surface area contributed by atoms with Gasteiger partial charge in [-0.2, -0.15) is 0 Å². The average Bonchev–Trinajstić information content (AvgIpc) is 2.89. The smallest absolute Gasteiger partial charge is 0.222 e. The second kappa shape index (κ2) is 5.55. The van der Waals surface area contributed by atoms with Crippen molar-refractivity contribution in [2.24, 2.45) is 0 Å². The summed E-state index contributed by atoms with van der Waals surface area (Å²) in [6.07, 6.45) is 2.18. The van der Waals surface area contributed by atoms with Crippen LogP contribution in [0.3, 0.4) is 0 Å². The molecule has 3 nitrogen and oxygen atoms in total. The molecule has 0 N–H and O–H groups in total. The summed E-state index contributed by atoms with van der Waals surface area (Å²) in [7, 11) is 0. The third kappa shape index (κ3) is 2.70. The number of aryl methyl sites for hydroxylation is 2. The Labute approximate surface area is 114 Å². The summed E-state index contributed by atoms with van der Waals surface area (Å²) in [5.74, 6) is 0.169. The van der Waals surface area contributed by atoms with Gasteiger partial charge in [-0.25, -0.2) is 0 Å². The molecule has 1 saturated heterocycles. The average molecular weight is 259 g/mol. The third-order valence-corrected chi connectivity index (χ3v) is 3.97. The van der Waals surface area contributed by atoms with Gasteiger partial charge in [0.25, 0.3) is 0 Å². The van der Waals surface area contributed by atoms with E-state index in [0.29, 0.717) is 13.0 Å². The van der Waals surface area contributed by atoms with Gasteiger partial charge in [-0.1, -0.05) is 19.1 Å². The fourth-order valence-corrected chi connectivity index (χ4v) is 2.63. The Morgan fingerprint density at radius 2 is 2.00 bits per heavy atom. The Morgan fingerprint density at radius 1 is 1.26 bits per heavy atom. The summed E-state index contributed by atoms with van der Waals surface area (Å²) in [4.78, 5) is 26.1. The first-order valence-electron chi connectivity index (χ1n) is 6.95. The number of likely N-dealkylation sites (tertiary alicyclic amines) is 1. The quantitative estimate of drug-likeness (QED) is 0.783. The highest BCUT2D eigenvalue weighted by Gasteiger charge is 2.33. The lowest BCUT2D eigenvalue weighted by Crippen LogP contribution is -2.40. The second-order valence-corrected chi connectivity index (χ2v) is 5.26. The summed E-state index contributed by atoms with van der Waals surface area (Å²) in [6.45, 7) is 6.61. The zero-order valence-electron chi connectivity index (χ0n) is 11.9. The summed E-state index contributed by atoms with van der Waals surface area (Å²) in [5.41, 5.74) is 3.03. The third-order valence-electron chi connectivity index (χ3n) is 3.97. The molecule has 1 aliphatic rings. The van der Waals surface area contributed by atoms with Gasteiger partial charge >= 0.3 is 0 Å². The molecule has 1 aromatic rings. The van der Waals surface area contributed by atoms with Gasteiger partial charge in [-0.3, -0.25) is 9.59 Å². The van der Waals surface area contributed by atoms with Crippen LogP contribution in [0, 0.1) is 13.8 Å². The first kappa shape index (κ1) is 13.8. The van der Waals surface area contributed by atoms with E-state index in [-0.39, 0.29) is 17.7 Å². The van der Waals surface area contributed by atoms with Crippen molar-refractivity contribution in [3.05, 3.63) is 34.9 Å². The fourth-order valence-electron chi connectivity index (χ4n) is 2.63. The number of amides is 1. The van der Waals surface area contributed by atoms with E-state index in [2.05, 4.69) is 0 Å². The van der Waals surface area contributed by atoms with Crippen LogP contribution in [0.2, 0.25) is 0 Å². The SMILES string of the molecule is CCC(=O)N1CCCC1C(=O)c1ccc(C)c(C)c1. The van der Waals surface area contributed by atoms with Crippen molar-refractivity contribution in [3.8, 4) is 0 Å². The molecule has 1 heterocycles. The van der Waals surface area contributed by atoms with Crippen LogP contribution in [-0.4, -0.2) is 29.2 Å². The summed E-state index contributed by atoms with van der Waals surface area (Å²) in [6, 6.07) is 5.53. The monoisotopic (exact) mass is 259 g/mol. The lowest BCUT2D eigenvalue weighted by Gasteiger charge is -2.23. The number of rotatable bonds is 3. The van der Waals surface area contributed by atoms with Crippen LogP contribution in [0.25, 0.3) is 0 Å². The number of benzene rings is 1. The number of ketones is 1. The van der Waals surface area contributed by atoms with E-state index in [0.717, 1.165) is 24.0 Å². The first-order valence-corrected chi connectivity index (χ1v) is 6.95. The van der Waals surface area contributed by atoms with E-state index in [9.17, 15) is 9.59 Å². The molecule has 1 aliphatic heterocycles. The Kier molecular flexibility index (Phi) is 4.03. The Hall–Kier alpha value is -1.64. The van der Waals surface area contributed by atoms with Crippen molar-refractivity contribution in [3.63, 3.8) is 0 Å². The van der Waals surface area contributed by atoms with Gasteiger partial charge in [-0.05, 0) is 43.9 Å². The van der Waals surface area contributed by atoms with E-state index in [1.165, 1.54) is 5.56 Å². The van der Waals surface area contributed by atoms with Crippen LogP contribution < -0.4 is 0 Å². The predicted molar refractivity (Wildman–Crippen MR) is 75.3 cm³/mol. The number of nitrogens with zero attached hydrogens (tertiary/aromatic N) is 1. The van der Waals surface area contributed by atoms with Crippen LogP contribution in [0.4, 0.5) is 0 Å². The molecule has 1 amide bonds. The Bertz CT molecular complexity index is 507. The van der Waals surface area contributed by atoms with Crippen molar-refractivity contribution < 1.29 is 9.59 Å². The molecule has 0 spiro atoms. The normalized spacial score (nSPS) is 18.7. The molecule has 1 aromatic carbocycles. The molecule has 19 heavy (non-hydrogen) atoms. The highest BCUT2D eigenvalue weighted by atomic mass is 16.2. The summed E-state index contributed by atoms with van der Waals surface area (Å²) < 4.78 is 0. The van der Waals surface area contributed by atoms with Crippen LogP contribution in [0.1, 0.15) is 47.7 Å². The van der Waals surface area contributed by atoms with Crippen LogP contribution >= 0.6 is 0 Å². The highest BCUT2D eigenvalue weighted by molar-refractivity contribution is 6.02. The minimum atomic E-state index is -0.255. The van der Waals surface area contributed by atoms with Gasteiger partial charge in [0.05, 0.1) is 6.04 Å². The van der Waals surface area contributed by atoms with Gasteiger partial charge in [-0.15, -0.1) is 0 Å². The van der Waals surface area contributed by atoms with E-state index < -0.39 is 0 Å². The molecule has 0 aliphatic carbocycles. The van der Waals surface area contributed by atoms with Crippen molar-refractivity contribution >= 4 is 11.7 Å². The summed E-state index contributed by atoms with van der Waals surface area (Å²) >= 11 is 0. The van der Waals surface area contributed by atoms with Crippen molar-refractivity contribution in [1.82, 2.24) is 4.90 Å². The van der Waals surface area contributed by atoms with Gasteiger partial charge in [0.15, 0.2) is 5.78 Å². The number of hydrogen-bond acceptors (Lipinski definition) is 2. The highest BCUT2D eigenvalue weighted by Crippen LogP contribution is 2.23. The number of carbonyl (C=O) groups excluding carboxylic acids is 2. The van der Waals surface area contributed by atoms with E-state index >= 15 is 0 Å². The lowest BCUT2D eigenvalue weighted by atomic mass is 9.98. The molecule has 1 fully saturated rings. The lowest BCUT2D eigenvalue weighted by molar-refractivity contribution is -0.131. The van der Waals surface area contributed by atoms with Crippen LogP contribution in [0.5, 0.6) is 0 Å². The van der Waals surface area contributed by atoms with Crippen molar-refractivity contribution in [1.29, 1.82) is 0 Å². The molecule has 0 bridgehead atoms. The maximum atomic E-state index is 12.5. The van der Waals surface area contributed by atoms with E-state index in [1.54, 1.807) is 4.90 Å². The van der Waals surface area contributed by atoms with E-state index in [4.69, 9.17) is 0 Å². The molecule has 2 rings (SSSR count). The standard InChI is InChI=1S/C16H21NO2/c1-4-15(18)17-9-5-6-14(17)16(19)13-8-7-11(2)12(3)10-13/h7-8,10,14H,4-6,9H2,1-3H3. The molecule has 0 aromatic heterocycles. The topological polar surface area (TPSA) is 37.4 Å². The largest absolute Gasteiger partial charge is 0.332 e. The molecule has 1 atom stereocenters. The number of carbonyl (C=O) groups is 2.